The van der Waals surface area contributed by atoms with E-state index in [1.54, 1.807) is 0 Å². The number of benzene rings is 1. The molecule has 0 radical (unpaired) electrons. The molecule has 0 spiro atoms. The molecule has 0 N–H and O–H groups in total. The van der Waals surface area contributed by atoms with Crippen LogP contribution in [0.5, 0.6) is 0 Å². The van der Waals surface area contributed by atoms with Crippen molar-refractivity contribution >= 4 is 5.57 Å². The van der Waals surface area contributed by atoms with Gasteiger partial charge in [0.1, 0.15) is 0 Å². The fraction of sp³-hybridized carbons (Fsp3) is 0.231. The van der Waals surface area contributed by atoms with Crippen molar-refractivity contribution in [2.24, 2.45) is 0 Å². The summed E-state index contributed by atoms with van der Waals surface area (Å²) in [5.74, 6) is 0. The average Bonchev–Trinajstić information content (AvgIpc) is 2.26. The van der Waals surface area contributed by atoms with Crippen LogP contribution in [0.2, 0.25) is 0 Å². The van der Waals surface area contributed by atoms with E-state index in [2.05, 4.69) is 36.4 Å². The van der Waals surface area contributed by atoms with Crippen LogP contribution >= 0.6 is 0 Å². The lowest BCUT2D eigenvalue weighted by atomic mass is 9.93. The molecular weight excluding hydrogens is 172 g/mol. The minimum Gasteiger partial charge on any atom is -0.501 e. The number of ether oxygens (including phenoxy) is 1. The Morgan fingerprint density at radius 2 is 2.21 bits per heavy atom. The summed E-state index contributed by atoms with van der Waals surface area (Å²) in [6, 6.07) is 8.45. The molecule has 0 saturated carbocycles. The Bertz CT molecular complexity index is 375. The van der Waals surface area contributed by atoms with Crippen molar-refractivity contribution in [1.82, 2.24) is 0 Å². The zero-order valence-corrected chi connectivity index (χ0v) is 8.36. The molecule has 1 heteroatoms. The van der Waals surface area contributed by atoms with Crippen LogP contribution in [-0.4, -0.2) is 6.61 Å². The van der Waals surface area contributed by atoms with E-state index in [0.717, 1.165) is 13.0 Å². The first kappa shape index (κ1) is 9.07. The Morgan fingerprint density at radius 3 is 3.07 bits per heavy atom. The first-order chi connectivity index (χ1) is 6.92. The van der Waals surface area contributed by atoms with Gasteiger partial charge in [-0.1, -0.05) is 36.4 Å². The number of hydrogen-bond acceptors (Lipinski definition) is 1. The Morgan fingerprint density at radius 1 is 1.36 bits per heavy atom. The van der Waals surface area contributed by atoms with Crippen molar-refractivity contribution in [2.75, 3.05) is 6.61 Å². The van der Waals surface area contributed by atoms with Gasteiger partial charge in [-0.3, -0.25) is 0 Å². The molecule has 1 aliphatic carbocycles. The summed E-state index contributed by atoms with van der Waals surface area (Å²) in [6.45, 7) is 2.72. The smallest absolute Gasteiger partial charge is 0.0907 e. The SMILES string of the molecule is CCOC=C1C=CCc2ccccc21. The highest BCUT2D eigenvalue weighted by molar-refractivity contribution is 5.77. The van der Waals surface area contributed by atoms with Crippen LogP contribution in [0.15, 0.2) is 42.7 Å². The van der Waals surface area contributed by atoms with Crippen LogP contribution < -0.4 is 0 Å². The Balaban J connectivity index is 2.35. The molecule has 0 unspecified atom stereocenters. The lowest BCUT2D eigenvalue weighted by molar-refractivity contribution is 0.271. The highest BCUT2D eigenvalue weighted by Gasteiger charge is 2.08. The second-order valence-corrected chi connectivity index (χ2v) is 3.29. The third-order valence-corrected chi connectivity index (χ3v) is 2.34. The first-order valence-electron chi connectivity index (χ1n) is 4.98. The molecule has 1 aliphatic rings. The molecule has 14 heavy (non-hydrogen) atoms. The molecule has 0 atom stereocenters. The molecule has 0 aromatic heterocycles. The predicted molar refractivity (Wildman–Crippen MR) is 58.9 cm³/mol. The van der Waals surface area contributed by atoms with E-state index in [0.29, 0.717) is 0 Å². The van der Waals surface area contributed by atoms with Crippen molar-refractivity contribution in [3.05, 3.63) is 53.8 Å². The molecule has 1 aromatic carbocycles. The standard InChI is InChI=1S/C13H14O/c1-2-14-10-12-8-5-7-11-6-3-4-9-13(11)12/h3-6,8-10H,2,7H2,1H3. The molecule has 1 nitrogen and oxygen atoms in total. The fourth-order valence-electron chi connectivity index (χ4n) is 1.66. The van der Waals surface area contributed by atoms with Crippen LogP contribution in [0, 0.1) is 0 Å². The van der Waals surface area contributed by atoms with Crippen molar-refractivity contribution in [1.29, 1.82) is 0 Å². The van der Waals surface area contributed by atoms with Crippen LogP contribution in [0.3, 0.4) is 0 Å². The van der Waals surface area contributed by atoms with E-state index < -0.39 is 0 Å². The summed E-state index contributed by atoms with van der Waals surface area (Å²) in [6.07, 6.45) is 7.17. The molecule has 2 rings (SSSR count). The molecule has 72 valence electrons. The topological polar surface area (TPSA) is 9.23 Å². The quantitative estimate of drug-likeness (QED) is 0.644. The summed E-state index contributed by atoms with van der Waals surface area (Å²) < 4.78 is 5.32. The molecule has 0 aliphatic heterocycles. The minimum absolute atomic E-state index is 0.722. The monoisotopic (exact) mass is 186 g/mol. The van der Waals surface area contributed by atoms with Gasteiger partial charge in [0.05, 0.1) is 12.9 Å². The Kier molecular flexibility index (Phi) is 2.68. The maximum Gasteiger partial charge on any atom is 0.0907 e. The third-order valence-electron chi connectivity index (χ3n) is 2.34. The third kappa shape index (κ3) is 1.72. The van der Waals surface area contributed by atoms with Gasteiger partial charge in [0.2, 0.25) is 0 Å². The predicted octanol–water partition coefficient (Wildman–Crippen LogP) is 3.18. The number of allylic oxidation sites excluding steroid dienone is 3. The largest absolute Gasteiger partial charge is 0.501 e. The fourth-order valence-corrected chi connectivity index (χ4v) is 1.66. The van der Waals surface area contributed by atoms with Crippen LogP contribution in [0.1, 0.15) is 18.1 Å². The zero-order chi connectivity index (χ0) is 9.80. The average molecular weight is 186 g/mol. The second-order valence-electron chi connectivity index (χ2n) is 3.29. The molecule has 0 fully saturated rings. The zero-order valence-electron chi connectivity index (χ0n) is 8.36. The number of rotatable bonds is 2. The van der Waals surface area contributed by atoms with E-state index in [9.17, 15) is 0 Å². The Hall–Kier alpha value is -1.50. The van der Waals surface area contributed by atoms with Crippen molar-refractivity contribution in [3.63, 3.8) is 0 Å². The van der Waals surface area contributed by atoms with Gasteiger partial charge in [-0.05, 0) is 24.5 Å². The molecule has 0 amide bonds. The van der Waals surface area contributed by atoms with Gasteiger partial charge >= 0.3 is 0 Å². The number of fused-ring (bicyclic) bond motifs is 1. The molecule has 1 aromatic rings. The molecular formula is C13H14O. The maximum absolute atomic E-state index is 5.32. The minimum atomic E-state index is 0.722. The van der Waals surface area contributed by atoms with E-state index in [4.69, 9.17) is 4.74 Å². The summed E-state index contributed by atoms with van der Waals surface area (Å²) in [5, 5.41) is 0. The highest BCUT2D eigenvalue weighted by Crippen LogP contribution is 2.25. The van der Waals surface area contributed by atoms with E-state index in [-0.39, 0.29) is 0 Å². The summed E-state index contributed by atoms with van der Waals surface area (Å²) in [4.78, 5) is 0. The Labute approximate surface area is 84.7 Å². The lowest BCUT2D eigenvalue weighted by Crippen LogP contribution is -1.96. The number of hydrogen-bond donors (Lipinski definition) is 0. The highest BCUT2D eigenvalue weighted by atomic mass is 16.5. The van der Waals surface area contributed by atoms with Crippen molar-refractivity contribution in [2.45, 2.75) is 13.3 Å². The van der Waals surface area contributed by atoms with Gasteiger partial charge in [-0.25, -0.2) is 0 Å². The first-order valence-corrected chi connectivity index (χ1v) is 4.98. The molecule has 0 heterocycles. The maximum atomic E-state index is 5.32. The molecule has 0 saturated heterocycles. The van der Waals surface area contributed by atoms with Crippen LogP contribution in [-0.2, 0) is 11.2 Å². The summed E-state index contributed by atoms with van der Waals surface area (Å²) >= 11 is 0. The van der Waals surface area contributed by atoms with E-state index >= 15 is 0 Å². The van der Waals surface area contributed by atoms with Crippen molar-refractivity contribution < 1.29 is 4.74 Å². The summed E-state index contributed by atoms with van der Waals surface area (Å²) in [7, 11) is 0. The van der Waals surface area contributed by atoms with Gasteiger partial charge in [-0.15, -0.1) is 0 Å². The normalized spacial score (nSPS) is 16.8. The van der Waals surface area contributed by atoms with Gasteiger partial charge in [0.25, 0.3) is 0 Å². The summed E-state index contributed by atoms with van der Waals surface area (Å²) in [5.41, 5.74) is 3.85. The lowest BCUT2D eigenvalue weighted by Gasteiger charge is -2.13. The van der Waals surface area contributed by atoms with E-state index in [1.165, 1.54) is 16.7 Å². The van der Waals surface area contributed by atoms with Gasteiger partial charge in [0, 0.05) is 5.57 Å². The van der Waals surface area contributed by atoms with Crippen LogP contribution in [0.4, 0.5) is 0 Å². The van der Waals surface area contributed by atoms with Crippen LogP contribution in [0.25, 0.3) is 5.57 Å². The van der Waals surface area contributed by atoms with Gasteiger partial charge in [0.15, 0.2) is 0 Å². The van der Waals surface area contributed by atoms with Gasteiger partial charge in [-0.2, -0.15) is 0 Å². The van der Waals surface area contributed by atoms with Gasteiger partial charge < -0.3 is 4.74 Å². The van der Waals surface area contributed by atoms with E-state index in [1.807, 2.05) is 13.2 Å². The second kappa shape index (κ2) is 4.14. The molecule has 0 bridgehead atoms. The van der Waals surface area contributed by atoms with Crippen molar-refractivity contribution in [3.8, 4) is 0 Å².